The normalized spacial score (nSPS) is 14.5. The Morgan fingerprint density at radius 1 is 0.495 bits per heavy atom. The molecule has 10 rings (SSSR count). The summed E-state index contributed by atoms with van der Waals surface area (Å²) in [4.78, 5) is 45.4. The minimum atomic E-state index is -0.0949. The summed E-state index contributed by atoms with van der Waals surface area (Å²) in [5.41, 5.74) is 2.04. The number of aryl methyl sites for hydroxylation is 4. The fraction of sp³-hybridized carbons (Fsp3) is 0.671. The fourth-order valence-electron chi connectivity index (χ4n) is 6.27. The van der Waals surface area contributed by atoms with Gasteiger partial charge in [-0.2, -0.15) is 10.2 Å². The van der Waals surface area contributed by atoms with Gasteiger partial charge in [0.15, 0.2) is 0 Å². The zero-order valence-electron chi connectivity index (χ0n) is 65.9. The molecule has 1 aliphatic carbocycles. The molecule has 93 heavy (non-hydrogen) atoms. The Morgan fingerprint density at radius 2 is 0.839 bits per heavy atom. The lowest BCUT2D eigenvalue weighted by Gasteiger charge is -2.03. The summed E-state index contributed by atoms with van der Waals surface area (Å²) >= 11 is 0. The molecule has 4 amide bonds. The molecule has 2 saturated heterocycles. The van der Waals surface area contributed by atoms with Crippen LogP contribution in [0.4, 0.5) is 0 Å². The van der Waals surface area contributed by atoms with Gasteiger partial charge >= 0.3 is 0 Å². The van der Waals surface area contributed by atoms with Crippen molar-refractivity contribution in [3.05, 3.63) is 109 Å². The van der Waals surface area contributed by atoms with Crippen LogP contribution in [0.5, 0.6) is 0 Å². The molecule has 3 fully saturated rings. The molecule has 5 aliphatic rings. The first-order valence-corrected chi connectivity index (χ1v) is 34.7. The molecular weight excluding hydrogens is 1170 g/mol. The van der Waals surface area contributed by atoms with E-state index in [1.807, 2.05) is 226 Å². The summed E-state index contributed by atoms with van der Waals surface area (Å²) < 4.78 is 12.7. The lowest BCUT2D eigenvalue weighted by Crippen LogP contribution is -2.24. The van der Waals surface area contributed by atoms with E-state index in [1.54, 1.807) is 43.6 Å². The molecule has 542 valence electrons. The quantitative estimate of drug-likeness (QED) is 0.122. The second-order valence-corrected chi connectivity index (χ2v) is 18.0. The number of hydrogen-bond donors (Lipinski definition) is 0. The molecule has 3 aromatic carbocycles. The Balaban J connectivity index is -0.000000100. The summed E-state index contributed by atoms with van der Waals surface area (Å²) in [5, 5.41) is 36.1. The number of benzene rings is 3. The predicted molar refractivity (Wildman–Crippen MR) is 399 cm³/mol. The van der Waals surface area contributed by atoms with Crippen LogP contribution >= 0.6 is 0 Å². The summed E-state index contributed by atoms with van der Waals surface area (Å²) in [7, 11) is 13.9. The van der Waals surface area contributed by atoms with E-state index in [2.05, 4.69) is 113 Å². The minimum Gasteiger partial charge on any atom is -0.382 e. The maximum Gasteiger partial charge on any atom is 0.232 e. The van der Waals surface area contributed by atoms with Crippen molar-refractivity contribution in [3.8, 4) is 0 Å². The Kier molecular flexibility index (Phi) is 101. The van der Waals surface area contributed by atoms with Crippen molar-refractivity contribution >= 4 is 34.4 Å². The highest BCUT2D eigenvalue weighted by atomic mass is 16.5. The first-order valence-electron chi connectivity index (χ1n) is 34.7. The van der Waals surface area contributed by atoms with Crippen LogP contribution in [0, 0.1) is 25.7 Å². The predicted octanol–water partition coefficient (Wildman–Crippen LogP) is 18.7. The molecule has 0 N–H and O–H groups in total. The van der Waals surface area contributed by atoms with Gasteiger partial charge in [-0.05, 0) is 31.5 Å². The lowest BCUT2D eigenvalue weighted by molar-refractivity contribution is -0.139. The number of nitrogens with zero attached hydrogens (tertiary/aromatic N) is 14. The van der Waals surface area contributed by atoms with Gasteiger partial charge in [0.1, 0.15) is 0 Å². The molecule has 2 aromatic heterocycles. The third-order valence-electron chi connectivity index (χ3n) is 10.6. The van der Waals surface area contributed by atoms with Crippen molar-refractivity contribution in [2.75, 3.05) is 75.3 Å². The van der Waals surface area contributed by atoms with Gasteiger partial charge in [-0.25, -0.2) is 0 Å². The van der Waals surface area contributed by atoms with Gasteiger partial charge in [0.2, 0.25) is 23.6 Å². The lowest BCUT2D eigenvalue weighted by atomic mass is 10.1. The number of carbonyl (C=O) groups is 4. The number of rotatable bonds is 3. The Bertz CT molecular complexity index is 2130. The molecule has 0 bridgehead atoms. The van der Waals surface area contributed by atoms with Crippen LogP contribution in [0.2, 0.25) is 0 Å². The van der Waals surface area contributed by atoms with Crippen LogP contribution in [0.3, 0.4) is 0 Å². The number of imide groups is 2. The molecule has 5 aromatic rings. The molecular formula is C73H144N14O6. The summed E-state index contributed by atoms with van der Waals surface area (Å²) in [6.07, 6.45) is 13.1. The highest BCUT2D eigenvalue weighted by molar-refractivity contribution is 6.03. The van der Waals surface area contributed by atoms with Crippen molar-refractivity contribution in [2.24, 2.45) is 46.6 Å². The number of aromatic nitrogens is 6. The first-order chi connectivity index (χ1) is 44.8. The van der Waals surface area contributed by atoms with E-state index in [9.17, 15) is 19.2 Å². The minimum absolute atomic E-state index is 0.0556. The molecule has 6 heterocycles. The second-order valence-electron chi connectivity index (χ2n) is 18.0. The number of ether oxygens (including phenoxy) is 2. The van der Waals surface area contributed by atoms with E-state index in [4.69, 9.17) is 0 Å². The third-order valence-corrected chi connectivity index (χ3v) is 10.6. The zero-order valence-corrected chi connectivity index (χ0v) is 65.9. The highest BCUT2D eigenvalue weighted by Gasteiger charge is 2.33. The maximum absolute atomic E-state index is 10.8. The standard InChI is InChI=1S/C10H8.2C6H9NO2.C6H6.C5H10.C4H9N3.2C4H7N3.C4H10O2.C3H7N3.C3H8.9C2H6/c1-2-6-10-8-4-3-7-9(10)5-1;2*1-4-3-5(8)7(2)6(4)9;1-2-4-6-5-3-1;1-2-4-5-3-1;2*1-4-3-7(2)6-5-4;1-4-3-5-6-7(4)2;1-5-3-4-6-2;1-6-3-2-4-5-6;1-3-2;9*1-2/h1-8H;2*4H,3H2,1-2H3;1-6H;1-5H2;4H,3H2,1-2H3;2*3H,1-2H3;3-4H2,1-2H3;2-3H2,1H3;3H2,1-2H3;9*1-2H3. The highest BCUT2D eigenvalue weighted by Crippen LogP contribution is 2.17. The monoisotopic (exact) mass is 1310 g/mol. The van der Waals surface area contributed by atoms with Crippen LogP contribution in [-0.2, 0) is 42.7 Å². The number of likely N-dealkylation sites (N-methyl/N-ethyl adjacent to an activating group) is 2. The van der Waals surface area contributed by atoms with Crippen molar-refractivity contribution in [2.45, 2.75) is 231 Å². The van der Waals surface area contributed by atoms with E-state index in [0.29, 0.717) is 32.1 Å². The van der Waals surface area contributed by atoms with Gasteiger partial charge in [-0.15, -0.1) is 10.2 Å². The van der Waals surface area contributed by atoms with Gasteiger partial charge in [0.25, 0.3) is 0 Å². The van der Waals surface area contributed by atoms with E-state index < -0.39 is 0 Å². The molecule has 3 unspecified atom stereocenters. The van der Waals surface area contributed by atoms with Crippen molar-refractivity contribution < 1.29 is 28.7 Å². The number of fused-ring (bicyclic) bond motifs is 1. The fourth-order valence-corrected chi connectivity index (χ4v) is 6.27. The SMILES string of the molecule is C1CCCC1.CC.CC.CC.CC.CC.CC.CC.CC.CC.CC1CC(=O)N(C)C1=O.CC1CC(=O)N(C)C1=O.CC1CN(C)N=N1.CCC.CN1CCN=N1.COCCOC.Cc1cn(C)nn1.Cc1cnnn1C.c1ccc2ccccc2c1.c1ccccc1. The molecule has 3 atom stereocenters. The topological polar surface area (TPSA) is 211 Å². The van der Waals surface area contributed by atoms with Crippen LogP contribution in [-0.4, -0.2) is 155 Å². The Morgan fingerprint density at radius 3 is 0.957 bits per heavy atom. The van der Waals surface area contributed by atoms with Crippen LogP contribution in [0.15, 0.2) is 118 Å². The van der Waals surface area contributed by atoms with Crippen molar-refractivity contribution in [1.82, 2.24) is 49.8 Å². The van der Waals surface area contributed by atoms with E-state index in [-0.39, 0.29) is 35.5 Å². The largest absolute Gasteiger partial charge is 0.382 e. The van der Waals surface area contributed by atoms with Gasteiger partial charge in [-0.3, -0.25) is 48.4 Å². The zero-order chi connectivity index (χ0) is 74.4. The number of likely N-dealkylation sites (tertiary alicyclic amines) is 2. The average molecular weight is 1310 g/mol. The smallest absolute Gasteiger partial charge is 0.232 e. The van der Waals surface area contributed by atoms with E-state index in [1.165, 1.54) is 73.2 Å². The molecule has 20 heteroatoms. The molecule has 20 nitrogen and oxygen atoms in total. The molecule has 0 radical (unpaired) electrons. The number of amides is 4. The van der Waals surface area contributed by atoms with Crippen LogP contribution in [0.25, 0.3) is 10.8 Å². The average Bonchev–Trinajstić information content (AvgIpc) is 2.21. The van der Waals surface area contributed by atoms with Gasteiger partial charge in [0.05, 0.1) is 56.5 Å². The van der Waals surface area contributed by atoms with Crippen LogP contribution in [0.1, 0.15) is 222 Å². The van der Waals surface area contributed by atoms with Gasteiger partial charge in [0, 0.05) is 87.4 Å². The molecule has 0 spiro atoms. The van der Waals surface area contributed by atoms with Crippen LogP contribution < -0.4 is 0 Å². The number of carbonyl (C=O) groups excluding carboxylic acids is 4. The maximum atomic E-state index is 10.8. The van der Waals surface area contributed by atoms with E-state index >= 15 is 0 Å². The Hall–Kier alpha value is -6.80. The van der Waals surface area contributed by atoms with Crippen molar-refractivity contribution in [3.63, 3.8) is 0 Å². The van der Waals surface area contributed by atoms with Gasteiger partial charge in [-0.1, -0.05) is 297 Å². The first kappa shape index (κ1) is 108. The number of hydrogen-bond acceptors (Lipinski definition) is 16. The van der Waals surface area contributed by atoms with Crippen molar-refractivity contribution in [1.29, 1.82) is 0 Å². The molecule has 4 aliphatic heterocycles. The van der Waals surface area contributed by atoms with E-state index in [0.717, 1.165) is 31.0 Å². The molecule has 1 saturated carbocycles. The third kappa shape index (κ3) is 69.4. The Labute approximate surface area is 571 Å². The van der Waals surface area contributed by atoms with Gasteiger partial charge < -0.3 is 9.47 Å². The number of methoxy groups -OCH3 is 2. The second kappa shape index (κ2) is 87.3. The summed E-state index contributed by atoms with van der Waals surface area (Å²) in [6.45, 7) is 53.9. The summed E-state index contributed by atoms with van der Waals surface area (Å²) in [5.74, 6) is -0.426. The summed E-state index contributed by atoms with van der Waals surface area (Å²) in [6, 6.07) is 29.1.